The van der Waals surface area contributed by atoms with Crippen molar-refractivity contribution in [3.05, 3.63) is 23.5 Å². The highest BCUT2D eigenvalue weighted by atomic mass is 79.9. The van der Waals surface area contributed by atoms with Crippen molar-refractivity contribution in [3.63, 3.8) is 0 Å². The largest absolute Gasteiger partial charge is 0.326 e. The Labute approximate surface area is 111 Å². The van der Waals surface area contributed by atoms with E-state index in [1.807, 2.05) is 30.3 Å². The summed E-state index contributed by atoms with van der Waals surface area (Å²) in [6.45, 7) is 1.80. The standard InChI is InChI=1S/C12H18BrN3O/c1-15(2)5-3-9-7-10-8-16(13)6-4-11(10)14-12(9)17/h4,6,9H,3,5,7-8H2,1-2H3,(H,14,17). The molecule has 2 aliphatic rings. The van der Waals surface area contributed by atoms with Gasteiger partial charge in [0.05, 0.1) is 6.54 Å². The number of hydrogen-bond acceptors (Lipinski definition) is 3. The van der Waals surface area contributed by atoms with E-state index in [1.165, 1.54) is 5.57 Å². The lowest BCUT2D eigenvalue weighted by molar-refractivity contribution is -0.125. The quantitative estimate of drug-likeness (QED) is 0.802. The summed E-state index contributed by atoms with van der Waals surface area (Å²) in [7, 11) is 4.07. The minimum Gasteiger partial charge on any atom is -0.326 e. The Morgan fingerprint density at radius 3 is 3.06 bits per heavy atom. The maximum Gasteiger partial charge on any atom is 0.227 e. The fourth-order valence-electron chi connectivity index (χ4n) is 2.17. The van der Waals surface area contributed by atoms with Crippen molar-refractivity contribution in [3.8, 4) is 0 Å². The zero-order chi connectivity index (χ0) is 12.4. The summed E-state index contributed by atoms with van der Waals surface area (Å²) in [5.74, 6) is 0.279. The first kappa shape index (κ1) is 12.6. The lowest BCUT2D eigenvalue weighted by atomic mass is 9.89. The molecule has 1 amide bonds. The second-order valence-corrected chi connectivity index (χ2v) is 5.78. The first-order valence-electron chi connectivity index (χ1n) is 5.84. The number of allylic oxidation sites excluding steroid dienone is 1. The van der Waals surface area contributed by atoms with E-state index < -0.39 is 0 Å². The van der Waals surface area contributed by atoms with Crippen LogP contribution in [0.2, 0.25) is 0 Å². The third-order valence-electron chi connectivity index (χ3n) is 3.17. The predicted octanol–water partition coefficient (Wildman–Crippen LogP) is 1.47. The molecular formula is C12H18BrN3O. The van der Waals surface area contributed by atoms with E-state index in [-0.39, 0.29) is 11.8 Å². The molecule has 5 heteroatoms. The third kappa shape index (κ3) is 3.10. The molecule has 0 aliphatic carbocycles. The van der Waals surface area contributed by atoms with Crippen molar-refractivity contribution >= 4 is 22.1 Å². The van der Waals surface area contributed by atoms with Gasteiger partial charge in [-0.3, -0.25) is 4.79 Å². The Morgan fingerprint density at radius 1 is 1.59 bits per heavy atom. The minimum absolute atomic E-state index is 0.114. The number of carbonyl (C=O) groups excluding carboxylic acids is 1. The molecule has 0 fully saturated rings. The van der Waals surface area contributed by atoms with Gasteiger partial charge < -0.3 is 14.1 Å². The average Bonchev–Trinajstić information content (AvgIpc) is 2.26. The zero-order valence-corrected chi connectivity index (χ0v) is 11.8. The molecule has 4 nitrogen and oxygen atoms in total. The van der Waals surface area contributed by atoms with Crippen LogP contribution >= 0.6 is 16.1 Å². The van der Waals surface area contributed by atoms with Crippen LogP contribution in [0.3, 0.4) is 0 Å². The second kappa shape index (κ2) is 5.23. The molecule has 0 spiro atoms. The van der Waals surface area contributed by atoms with Gasteiger partial charge >= 0.3 is 0 Å². The molecule has 94 valence electrons. The summed E-state index contributed by atoms with van der Waals surface area (Å²) in [5.41, 5.74) is 2.31. The highest BCUT2D eigenvalue weighted by Gasteiger charge is 2.28. The summed E-state index contributed by atoms with van der Waals surface area (Å²) in [6, 6.07) is 0. The molecule has 1 atom stereocenters. The fraction of sp³-hybridized carbons (Fsp3) is 0.583. The van der Waals surface area contributed by atoms with Gasteiger partial charge in [-0.25, -0.2) is 0 Å². The molecule has 2 aliphatic heterocycles. The van der Waals surface area contributed by atoms with E-state index in [4.69, 9.17) is 0 Å². The van der Waals surface area contributed by atoms with E-state index in [9.17, 15) is 4.79 Å². The van der Waals surface area contributed by atoms with Gasteiger partial charge in [-0.05, 0) is 45.1 Å². The smallest absolute Gasteiger partial charge is 0.227 e. The van der Waals surface area contributed by atoms with Crippen LogP contribution in [0.4, 0.5) is 0 Å². The summed E-state index contributed by atoms with van der Waals surface area (Å²) in [4.78, 5) is 14.0. The molecular weight excluding hydrogens is 282 g/mol. The molecule has 0 saturated carbocycles. The van der Waals surface area contributed by atoms with Crippen molar-refractivity contribution in [2.45, 2.75) is 12.8 Å². The fourth-order valence-corrected chi connectivity index (χ4v) is 2.59. The first-order valence-corrected chi connectivity index (χ1v) is 6.55. The number of rotatable bonds is 3. The SMILES string of the molecule is CN(C)CCC1CC2=C(C=CN(Br)C2)NC1=O. The highest BCUT2D eigenvalue weighted by molar-refractivity contribution is 9.07. The Balaban J connectivity index is 2.02. The van der Waals surface area contributed by atoms with Gasteiger partial charge in [0, 0.05) is 34.0 Å². The normalized spacial score (nSPS) is 24.1. The van der Waals surface area contributed by atoms with E-state index in [1.54, 1.807) is 0 Å². The Bertz CT molecular complexity index is 376. The second-order valence-electron chi connectivity index (χ2n) is 4.87. The summed E-state index contributed by atoms with van der Waals surface area (Å²) in [5, 5.41) is 3.00. The highest BCUT2D eigenvalue weighted by Crippen LogP contribution is 2.28. The van der Waals surface area contributed by atoms with Gasteiger partial charge in [-0.15, -0.1) is 0 Å². The van der Waals surface area contributed by atoms with Crippen LogP contribution < -0.4 is 5.32 Å². The maximum absolute atomic E-state index is 11.9. The molecule has 0 aromatic heterocycles. The molecule has 0 bridgehead atoms. The van der Waals surface area contributed by atoms with Gasteiger partial charge in [-0.1, -0.05) is 0 Å². The van der Waals surface area contributed by atoms with Crippen molar-refractivity contribution < 1.29 is 4.79 Å². The topological polar surface area (TPSA) is 35.6 Å². The summed E-state index contributed by atoms with van der Waals surface area (Å²) >= 11 is 3.44. The van der Waals surface area contributed by atoms with Gasteiger partial charge in [0.15, 0.2) is 0 Å². The molecule has 0 saturated heterocycles. The third-order valence-corrected chi connectivity index (χ3v) is 3.66. The van der Waals surface area contributed by atoms with Gasteiger partial charge in [0.25, 0.3) is 0 Å². The number of nitrogens with one attached hydrogen (secondary N) is 1. The van der Waals surface area contributed by atoms with Crippen LogP contribution in [0.5, 0.6) is 0 Å². The molecule has 1 unspecified atom stereocenters. The van der Waals surface area contributed by atoms with Gasteiger partial charge in [0.1, 0.15) is 0 Å². The maximum atomic E-state index is 11.9. The van der Waals surface area contributed by atoms with E-state index in [0.29, 0.717) is 0 Å². The van der Waals surface area contributed by atoms with Crippen molar-refractivity contribution in [1.82, 2.24) is 14.1 Å². The van der Waals surface area contributed by atoms with Crippen LogP contribution in [-0.2, 0) is 4.79 Å². The number of carbonyl (C=O) groups is 1. The lowest BCUT2D eigenvalue weighted by Crippen LogP contribution is -2.39. The zero-order valence-electron chi connectivity index (χ0n) is 10.2. The molecule has 1 N–H and O–H groups in total. The Hall–Kier alpha value is -0.810. The number of halogens is 1. The molecule has 2 heterocycles. The molecule has 17 heavy (non-hydrogen) atoms. The summed E-state index contributed by atoms with van der Waals surface area (Å²) < 4.78 is 1.96. The number of nitrogens with zero attached hydrogens (tertiary/aromatic N) is 2. The number of amides is 1. The molecule has 0 aromatic carbocycles. The van der Waals surface area contributed by atoms with Crippen LogP contribution in [0.1, 0.15) is 12.8 Å². The molecule has 2 rings (SSSR count). The molecule has 0 radical (unpaired) electrons. The average molecular weight is 300 g/mol. The van der Waals surface area contributed by atoms with Crippen molar-refractivity contribution in [2.75, 3.05) is 27.2 Å². The Morgan fingerprint density at radius 2 is 2.35 bits per heavy atom. The van der Waals surface area contributed by atoms with Gasteiger partial charge in [0.2, 0.25) is 5.91 Å². The van der Waals surface area contributed by atoms with Gasteiger partial charge in [-0.2, -0.15) is 0 Å². The summed E-state index contributed by atoms with van der Waals surface area (Å²) in [6.07, 6.45) is 5.68. The van der Waals surface area contributed by atoms with Crippen LogP contribution in [0.25, 0.3) is 0 Å². The Kier molecular flexibility index (Phi) is 3.89. The first-order chi connectivity index (χ1) is 8.06. The monoisotopic (exact) mass is 299 g/mol. The van der Waals surface area contributed by atoms with Crippen LogP contribution in [0.15, 0.2) is 23.5 Å². The molecule has 0 aromatic rings. The van der Waals surface area contributed by atoms with E-state index in [2.05, 4.69) is 26.4 Å². The van der Waals surface area contributed by atoms with Crippen molar-refractivity contribution in [1.29, 1.82) is 0 Å². The van der Waals surface area contributed by atoms with Crippen LogP contribution in [-0.4, -0.2) is 41.9 Å². The van der Waals surface area contributed by atoms with E-state index >= 15 is 0 Å². The van der Waals surface area contributed by atoms with E-state index in [0.717, 1.165) is 31.6 Å². The lowest BCUT2D eigenvalue weighted by Gasteiger charge is -2.30. The minimum atomic E-state index is 0.114. The van der Waals surface area contributed by atoms with Crippen molar-refractivity contribution in [2.24, 2.45) is 5.92 Å². The van der Waals surface area contributed by atoms with Crippen LogP contribution in [0, 0.1) is 5.92 Å². The predicted molar refractivity (Wildman–Crippen MR) is 71.2 cm³/mol. The number of hydrogen-bond donors (Lipinski definition) is 1.